The molecular weight excluding hydrogens is 197 g/mol. The van der Waals surface area contributed by atoms with Crippen LogP contribution in [0.4, 0.5) is 4.39 Å². The summed E-state index contributed by atoms with van der Waals surface area (Å²) in [5.74, 6) is -0.960. The van der Waals surface area contributed by atoms with Crippen LogP contribution in [-0.4, -0.2) is 11.8 Å². The van der Waals surface area contributed by atoms with Crippen LogP contribution < -0.4 is 5.32 Å². The van der Waals surface area contributed by atoms with E-state index in [0.717, 1.165) is 0 Å². The Hall–Kier alpha value is -1.71. The number of imide groups is 1. The second-order valence-electron chi connectivity index (χ2n) is 3.89. The van der Waals surface area contributed by atoms with Crippen LogP contribution in [0.25, 0.3) is 0 Å². The van der Waals surface area contributed by atoms with E-state index in [9.17, 15) is 14.0 Å². The molecule has 3 nitrogen and oxygen atoms in total. The van der Waals surface area contributed by atoms with Gasteiger partial charge in [0.15, 0.2) is 0 Å². The summed E-state index contributed by atoms with van der Waals surface area (Å²) >= 11 is 0. The molecule has 0 spiro atoms. The standard InChI is InChI=1S/C11H10FNO2/c1-11(6-9(14)13-10(11)15)7-2-4-8(12)5-3-7/h2-5H,6H2,1H3,(H,13,14,15)/t11-/m1/s1. The van der Waals surface area contributed by atoms with Gasteiger partial charge >= 0.3 is 0 Å². The van der Waals surface area contributed by atoms with Crippen molar-refractivity contribution in [3.8, 4) is 0 Å². The molecule has 0 aromatic heterocycles. The topological polar surface area (TPSA) is 46.2 Å². The molecular formula is C11H10FNO2. The third-order valence-electron chi connectivity index (χ3n) is 2.75. The Balaban J connectivity index is 2.41. The lowest BCUT2D eigenvalue weighted by Crippen LogP contribution is -2.32. The summed E-state index contributed by atoms with van der Waals surface area (Å²) in [7, 11) is 0. The third kappa shape index (κ3) is 1.52. The number of rotatable bonds is 1. The molecule has 1 aliphatic heterocycles. The number of halogens is 1. The molecule has 1 N–H and O–H groups in total. The zero-order valence-electron chi connectivity index (χ0n) is 8.21. The Morgan fingerprint density at radius 3 is 2.33 bits per heavy atom. The van der Waals surface area contributed by atoms with Crippen LogP contribution in [0.15, 0.2) is 24.3 Å². The van der Waals surface area contributed by atoms with E-state index in [4.69, 9.17) is 0 Å². The first-order valence-electron chi connectivity index (χ1n) is 4.63. The minimum absolute atomic E-state index is 0.122. The van der Waals surface area contributed by atoms with Gasteiger partial charge in [-0.05, 0) is 24.6 Å². The molecule has 4 heteroatoms. The van der Waals surface area contributed by atoms with E-state index < -0.39 is 5.41 Å². The third-order valence-corrected chi connectivity index (χ3v) is 2.75. The summed E-state index contributed by atoms with van der Waals surface area (Å²) in [5, 5.41) is 2.25. The molecule has 0 aliphatic carbocycles. The van der Waals surface area contributed by atoms with Gasteiger partial charge in [0, 0.05) is 6.42 Å². The highest BCUT2D eigenvalue weighted by atomic mass is 19.1. The maximum Gasteiger partial charge on any atom is 0.237 e. The lowest BCUT2D eigenvalue weighted by atomic mass is 9.81. The smallest absolute Gasteiger partial charge is 0.237 e. The number of carbonyl (C=O) groups is 2. The number of carbonyl (C=O) groups excluding carboxylic acids is 2. The largest absolute Gasteiger partial charge is 0.296 e. The first-order chi connectivity index (χ1) is 7.02. The van der Waals surface area contributed by atoms with Crippen LogP contribution in [-0.2, 0) is 15.0 Å². The fourth-order valence-electron chi connectivity index (χ4n) is 1.76. The quantitative estimate of drug-likeness (QED) is 0.701. The van der Waals surface area contributed by atoms with Gasteiger partial charge in [0.2, 0.25) is 11.8 Å². The van der Waals surface area contributed by atoms with Gasteiger partial charge in [-0.2, -0.15) is 0 Å². The predicted molar refractivity (Wildman–Crippen MR) is 51.5 cm³/mol. The molecule has 1 heterocycles. The molecule has 1 saturated heterocycles. The van der Waals surface area contributed by atoms with Gasteiger partial charge in [-0.3, -0.25) is 14.9 Å². The first kappa shape index (κ1) is 9.83. The van der Waals surface area contributed by atoms with Gasteiger partial charge in [-0.15, -0.1) is 0 Å². The van der Waals surface area contributed by atoms with E-state index in [-0.39, 0.29) is 24.1 Å². The van der Waals surface area contributed by atoms with E-state index in [2.05, 4.69) is 5.32 Å². The second-order valence-corrected chi connectivity index (χ2v) is 3.89. The van der Waals surface area contributed by atoms with Gasteiger partial charge in [-0.25, -0.2) is 4.39 Å². The highest BCUT2D eigenvalue weighted by Gasteiger charge is 2.43. The van der Waals surface area contributed by atoms with Crippen molar-refractivity contribution in [3.05, 3.63) is 35.6 Å². The molecule has 1 fully saturated rings. The molecule has 0 saturated carbocycles. The number of nitrogens with one attached hydrogen (secondary N) is 1. The van der Waals surface area contributed by atoms with Crippen LogP contribution in [0, 0.1) is 5.82 Å². The molecule has 0 bridgehead atoms. The molecule has 2 rings (SSSR count). The van der Waals surface area contributed by atoms with Gasteiger partial charge in [0.25, 0.3) is 0 Å². The van der Waals surface area contributed by atoms with E-state index >= 15 is 0 Å². The maximum absolute atomic E-state index is 12.7. The van der Waals surface area contributed by atoms with Crippen molar-refractivity contribution >= 4 is 11.8 Å². The summed E-state index contributed by atoms with van der Waals surface area (Å²) < 4.78 is 12.7. The van der Waals surface area contributed by atoms with Crippen molar-refractivity contribution in [1.82, 2.24) is 5.32 Å². The number of hydrogen-bond donors (Lipinski definition) is 1. The van der Waals surface area contributed by atoms with Crippen LogP contribution in [0.5, 0.6) is 0 Å². The van der Waals surface area contributed by atoms with Crippen molar-refractivity contribution in [2.24, 2.45) is 0 Å². The average Bonchev–Trinajstić information content (AvgIpc) is 2.42. The molecule has 78 valence electrons. The lowest BCUT2D eigenvalue weighted by molar-refractivity contribution is -0.126. The molecule has 1 atom stereocenters. The Kier molecular flexibility index (Phi) is 2.07. The average molecular weight is 207 g/mol. The van der Waals surface area contributed by atoms with Crippen LogP contribution in [0.3, 0.4) is 0 Å². The summed E-state index contributed by atoms with van der Waals surface area (Å²) in [4.78, 5) is 22.7. The van der Waals surface area contributed by atoms with Crippen LogP contribution in [0.2, 0.25) is 0 Å². The van der Waals surface area contributed by atoms with Crippen molar-refractivity contribution in [2.75, 3.05) is 0 Å². The van der Waals surface area contributed by atoms with E-state index in [1.54, 1.807) is 6.92 Å². The van der Waals surface area contributed by atoms with Gasteiger partial charge in [0.1, 0.15) is 5.82 Å². The predicted octanol–water partition coefficient (Wildman–Crippen LogP) is 1.13. The fourth-order valence-corrected chi connectivity index (χ4v) is 1.76. The van der Waals surface area contributed by atoms with Crippen molar-refractivity contribution < 1.29 is 14.0 Å². The normalized spacial score (nSPS) is 25.5. The Morgan fingerprint density at radius 2 is 1.87 bits per heavy atom. The Labute approximate surface area is 86.3 Å². The zero-order chi connectivity index (χ0) is 11.1. The highest BCUT2D eigenvalue weighted by molar-refractivity contribution is 6.08. The minimum atomic E-state index is -0.856. The molecule has 1 aromatic carbocycles. The summed E-state index contributed by atoms with van der Waals surface area (Å²) in [6.45, 7) is 1.68. The lowest BCUT2D eigenvalue weighted by Gasteiger charge is -2.19. The molecule has 0 unspecified atom stereocenters. The van der Waals surface area contributed by atoms with Crippen molar-refractivity contribution in [3.63, 3.8) is 0 Å². The van der Waals surface area contributed by atoms with E-state index in [1.165, 1.54) is 24.3 Å². The van der Waals surface area contributed by atoms with E-state index in [0.29, 0.717) is 5.56 Å². The minimum Gasteiger partial charge on any atom is -0.296 e. The second kappa shape index (κ2) is 3.15. The van der Waals surface area contributed by atoms with Crippen molar-refractivity contribution in [1.29, 1.82) is 0 Å². The highest BCUT2D eigenvalue weighted by Crippen LogP contribution is 2.31. The molecule has 2 amide bonds. The summed E-state index contributed by atoms with van der Waals surface area (Å²) in [5.41, 5.74) is -0.197. The molecule has 15 heavy (non-hydrogen) atoms. The van der Waals surface area contributed by atoms with Gasteiger partial charge in [0.05, 0.1) is 5.41 Å². The molecule has 1 aliphatic rings. The zero-order valence-corrected chi connectivity index (χ0v) is 8.21. The van der Waals surface area contributed by atoms with E-state index in [1.807, 2.05) is 0 Å². The SMILES string of the molecule is C[C@]1(c2ccc(F)cc2)CC(=O)NC1=O. The maximum atomic E-state index is 12.7. The fraction of sp³-hybridized carbons (Fsp3) is 0.273. The summed E-state index contributed by atoms with van der Waals surface area (Å²) in [6.07, 6.45) is 0.122. The number of amides is 2. The Morgan fingerprint density at radius 1 is 1.27 bits per heavy atom. The van der Waals surface area contributed by atoms with Crippen LogP contribution >= 0.6 is 0 Å². The first-order valence-corrected chi connectivity index (χ1v) is 4.63. The molecule has 1 aromatic rings. The number of benzene rings is 1. The summed E-state index contributed by atoms with van der Waals surface area (Å²) in [6, 6.07) is 5.65. The van der Waals surface area contributed by atoms with Gasteiger partial charge < -0.3 is 0 Å². The van der Waals surface area contributed by atoms with Crippen molar-refractivity contribution in [2.45, 2.75) is 18.8 Å². The molecule has 0 radical (unpaired) electrons. The van der Waals surface area contributed by atoms with Crippen LogP contribution in [0.1, 0.15) is 18.9 Å². The van der Waals surface area contributed by atoms with Gasteiger partial charge in [-0.1, -0.05) is 12.1 Å². The Bertz CT molecular complexity index is 427. The number of hydrogen-bond acceptors (Lipinski definition) is 2. The monoisotopic (exact) mass is 207 g/mol.